The third-order valence-corrected chi connectivity index (χ3v) is 4.10. The first-order valence-corrected chi connectivity index (χ1v) is 7.77. The van der Waals surface area contributed by atoms with Gasteiger partial charge in [-0.3, -0.25) is 0 Å². The zero-order valence-corrected chi connectivity index (χ0v) is 13.2. The van der Waals surface area contributed by atoms with E-state index in [2.05, 4.69) is 35.4 Å². The summed E-state index contributed by atoms with van der Waals surface area (Å²) in [5, 5.41) is 9.35. The van der Waals surface area contributed by atoms with E-state index in [9.17, 15) is 0 Å². The molecule has 0 bridgehead atoms. The zero-order chi connectivity index (χ0) is 15.4. The second-order valence-electron chi connectivity index (χ2n) is 5.52. The lowest BCUT2D eigenvalue weighted by Crippen LogP contribution is -2.00. The molecule has 3 aromatic rings. The molecule has 0 fully saturated rings. The quantitative estimate of drug-likeness (QED) is 0.702. The van der Waals surface area contributed by atoms with E-state index in [0.29, 0.717) is 0 Å². The molecule has 0 aliphatic rings. The number of nitrogens with zero attached hydrogens (tertiary/aromatic N) is 3. The van der Waals surface area contributed by atoms with Gasteiger partial charge in [0.1, 0.15) is 0 Å². The molecule has 0 saturated heterocycles. The Morgan fingerprint density at radius 1 is 1.05 bits per heavy atom. The summed E-state index contributed by atoms with van der Waals surface area (Å²) in [5.41, 5.74) is 3.36. The van der Waals surface area contributed by atoms with Gasteiger partial charge in [0.25, 0.3) is 0 Å². The van der Waals surface area contributed by atoms with Crippen LogP contribution in [0.15, 0.2) is 60.8 Å². The Bertz CT molecular complexity index is 737. The monoisotopic (exact) mass is 311 g/mol. The number of aromatic nitrogens is 3. The Morgan fingerprint density at radius 3 is 2.55 bits per heavy atom. The molecule has 3 rings (SSSR count). The SMILES string of the molecule is CC(Cc1ccccc1Cl)c1cn(Cc2ccccc2)nn1. The Hall–Kier alpha value is -2.13. The molecule has 1 unspecified atom stereocenters. The molecule has 0 radical (unpaired) electrons. The predicted octanol–water partition coefficient (Wildman–Crippen LogP) is 4.33. The minimum absolute atomic E-state index is 0.282. The summed E-state index contributed by atoms with van der Waals surface area (Å²) < 4.78 is 1.88. The van der Waals surface area contributed by atoms with Crippen LogP contribution in [0.4, 0.5) is 0 Å². The van der Waals surface area contributed by atoms with Crippen LogP contribution in [0.1, 0.15) is 29.7 Å². The summed E-state index contributed by atoms with van der Waals surface area (Å²) in [4.78, 5) is 0. The van der Waals surface area contributed by atoms with E-state index in [1.54, 1.807) is 0 Å². The highest BCUT2D eigenvalue weighted by molar-refractivity contribution is 6.31. The highest BCUT2D eigenvalue weighted by Crippen LogP contribution is 2.23. The van der Waals surface area contributed by atoms with Crippen molar-refractivity contribution in [1.29, 1.82) is 0 Å². The minimum atomic E-state index is 0.282. The molecule has 1 heterocycles. The highest BCUT2D eigenvalue weighted by Gasteiger charge is 2.12. The summed E-state index contributed by atoms with van der Waals surface area (Å²) >= 11 is 6.23. The molecular weight excluding hydrogens is 294 g/mol. The fraction of sp³-hybridized carbons (Fsp3) is 0.222. The molecule has 1 aromatic heterocycles. The topological polar surface area (TPSA) is 30.7 Å². The lowest BCUT2D eigenvalue weighted by atomic mass is 9.99. The molecule has 0 aliphatic carbocycles. The average molecular weight is 312 g/mol. The number of hydrogen-bond acceptors (Lipinski definition) is 2. The van der Waals surface area contributed by atoms with Crippen LogP contribution in [-0.4, -0.2) is 15.0 Å². The van der Waals surface area contributed by atoms with E-state index in [4.69, 9.17) is 11.6 Å². The van der Waals surface area contributed by atoms with Crippen LogP contribution < -0.4 is 0 Å². The Labute approximate surface area is 135 Å². The van der Waals surface area contributed by atoms with Crippen molar-refractivity contribution >= 4 is 11.6 Å². The van der Waals surface area contributed by atoms with Gasteiger partial charge in [0, 0.05) is 17.1 Å². The van der Waals surface area contributed by atoms with Gasteiger partial charge in [0.2, 0.25) is 0 Å². The van der Waals surface area contributed by atoms with Crippen LogP contribution in [-0.2, 0) is 13.0 Å². The maximum absolute atomic E-state index is 6.23. The van der Waals surface area contributed by atoms with Crippen LogP contribution in [0.3, 0.4) is 0 Å². The second kappa shape index (κ2) is 6.75. The molecule has 0 N–H and O–H groups in total. The molecule has 3 nitrogen and oxygen atoms in total. The van der Waals surface area contributed by atoms with Crippen molar-refractivity contribution in [3.8, 4) is 0 Å². The van der Waals surface area contributed by atoms with Crippen LogP contribution >= 0.6 is 11.6 Å². The van der Waals surface area contributed by atoms with Crippen molar-refractivity contribution in [1.82, 2.24) is 15.0 Å². The maximum atomic E-state index is 6.23. The van der Waals surface area contributed by atoms with Gasteiger partial charge in [-0.15, -0.1) is 5.10 Å². The summed E-state index contributed by atoms with van der Waals surface area (Å²) in [7, 11) is 0. The molecule has 112 valence electrons. The van der Waals surface area contributed by atoms with E-state index >= 15 is 0 Å². The first-order chi connectivity index (χ1) is 10.7. The van der Waals surface area contributed by atoms with Gasteiger partial charge in [0.05, 0.1) is 12.2 Å². The molecule has 0 spiro atoms. The van der Waals surface area contributed by atoms with Gasteiger partial charge in [0.15, 0.2) is 0 Å². The van der Waals surface area contributed by atoms with Crippen molar-refractivity contribution in [2.75, 3.05) is 0 Å². The number of benzene rings is 2. The normalized spacial score (nSPS) is 12.3. The summed E-state index contributed by atoms with van der Waals surface area (Å²) in [5.74, 6) is 0.282. The number of halogens is 1. The van der Waals surface area contributed by atoms with E-state index in [0.717, 1.165) is 29.2 Å². The third kappa shape index (κ3) is 3.55. The van der Waals surface area contributed by atoms with E-state index in [-0.39, 0.29) is 5.92 Å². The highest BCUT2D eigenvalue weighted by atomic mass is 35.5. The minimum Gasteiger partial charge on any atom is -0.248 e. The van der Waals surface area contributed by atoms with Gasteiger partial charge in [-0.1, -0.05) is 72.3 Å². The second-order valence-corrected chi connectivity index (χ2v) is 5.93. The van der Waals surface area contributed by atoms with Crippen LogP contribution in [0.25, 0.3) is 0 Å². The third-order valence-electron chi connectivity index (χ3n) is 3.73. The molecule has 2 aromatic carbocycles. The number of rotatable bonds is 5. The molecule has 0 saturated carbocycles. The summed E-state index contributed by atoms with van der Waals surface area (Å²) in [6, 6.07) is 18.2. The fourth-order valence-corrected chi connectivity index (χ4v) is 2.70. The van der Waals surface area contributed by atoms with Gasteiger partial charge in [-0.2, -0.15) is 0 Å². The van der Waals surface area contributed by atoms with E-state index in [1.165, 1.54) is 5.56 Å². The number of hydrogen-bond donors (Lipinski definition) is 0. The Balaban J connectivity index is 1.69. The molecule has 0 amide bonds. The standard InChI is InChI=1S/C18H18ClN3/c1-14(11-16-9-5-6-10-17(16)19)18-13-22(21-20-18)12-15-7-3-2-4-8-15/h2-10,13-14H,11-12H2,1H3. The maximum Gasteiger partial charge on any atom is 0.0858 e. The largest absolute Gasteiger partial charge is 0.248 e. The fourth-order valence-electron chi connectivity index (χ4n) is 2.49. The molecule has 0 aliphatic heterocycles. The van der Waals surface area contributed by atoms with Gasteiger partial charge >= 0.3 is 0 Å². The van der Waals surface area contributed by atoms with Crippen LogP contribution in [0.5, 0.6) is 0 Å². The summed E-state index contributed by atoms with van der Waals surface area (Å²) in [6.45, 7) is 2.90. The van der Waals surface area contributed by atoms with Gasteiger partial charge in [-0.05, 0) is 23.6 Å². The first kappa shape index (κ1) is 14.8. The van der Waals surface area contributed by atoms with E-state index < -0.39 is 0 Å². The molecule has 1 atom stereocenters. The van der Waals surface area contributed by atoms with Crippen molar-refractivity contribution in [3.63, 3.8) is 0 Å². The summed E-state index contributed by atoms with van der Waals surface area (Å²) in [6.07, 6.45) is 2.89. The zero-order valence-electron chi connectivity index (χ0n) is 12.5. The Morgan fingerprint density at radius 2 is 1.77 bits per heavy atom. The van der Waals surface area contributed by atoms with Crippen LogP contribution in [0.2, 0.25) is 5.02 Å². The Kier molecular flexibility index (Phi) is 4.54. The average Bonchev–Trinajstić information content (AvgIpc) is 2.99. The smallest absolute Gasteiger partial charge is 0.0858 e. The van der Waals surface area contributed by atoms with Crippen molar-refractivity contribution in [2.24, 2.45) is 0 Å². The van der Waals surface area contributed by atoms with Crippen molar-refractivity contribution < 1.29 is 0 Å². The molecule has 22 heavy (non-hydrogen) atoms. The molecular formula is C18H18ClN3. The molecule has 4 heteroatoms. The van der Waals surface area contributed by atoms with Gasteiger partial charge in [-0.25, -0.2) is 4.68 Å². The first-order valence-electron chi connectivity index (χ1n) is 7.40. The van der Waals surface area contributed by atoms with Crippen molar-refractivity contribution in [2.45, 2.75) is 25.8 Å². The predicted molar refractivity (Wildman–Crippen MR) is 89.1 cm³/mol. The van der Waals surface area contributed by atoms with Crippen LogP contribution in [0, 0.1) is 0 Å². The lowest BCUT2D eigenvalue weighted by Gasteiger charge is -2.09. The van der Waals surface area contributed by atoms with Crippen molar-refractivity contribution in [3.05, 3.63) is 82.6 Å². The lowest BCUT2D eigenvalue weighted by molar-refractivity contribution is 0.647. The van der Waals surface area contributed by atoms with Gasteiger partial charge < -0.3 is 0 Å². The van der Waals surface area contributed by atoms with E-state index in [1.807, 2.05) is 47.3 Å².